The van der Waals surface area contributed by atoms with Crippen molar-refractivity contribution < 1.29 is 9.13 Å². The lowest BCUT2D eigenvalue weighted by Gasteiger charge is -2.00. The van der Waals surface area contributed by atoms with Gasteiger partial charge in [-0.1, -0.05) is 63.7 Å². The molecule has 1 rings (SSSR count). The molecule has 116 valence electrons. The maximum Gasteiger partial charge on any atom is 0.166 e. The van der Waals surface area contributed by atoms with Crippen LogP contribution in [0.1, 0.15) is 70.3 Å². The van der Waals surface area contributed by atoms with Crippen LogP contribution in [0.3, 0.4) is 0 Å². The van der Waals surface area contributed by atoms with E-state index in [4.69, 9.17) is 4.74 Å². The van der Waals surface area contributed by atoms with Gasteiger partial charge in [-0.05, 0) is 24.6 Å². The van der Waals surface area contributed by atoms with Crippen LogP contribution in [0, 0.1) is 17.7 Å². The first-order valence-electron chi connectivity index (χ1n) is 8.10. The second kappa shape index (κ2) is 11.2. The van der Waals surface area contributed by atoms with Gasteiger partial charge in [0.25, 0.3) is 0 Å². The van der Waals surface area contributed by atoms with Gasteiger partial charge in [-0.2, -0.15) is 0 Å². The van der Waals surface area contributed by atoms with Crippen molar-refractivity contribution in [1.82, 2.24) is 0 Å². The van der Waals surface area contributed by atoms with Gasteiger partial charge < -0.3 is 4.74 Å². The minimum atomic E-state index is -0.351. The summed E-state index contributed by atoms with van der Waals surface area (Å²) in [5.74, 6) is 6.05. The van der Waals surface area contributed by atoms with Crippen LogP contribution < -0.4 is 4.74 Å². The normalized spacial score (nSPS) is 10.0. The van der Waals surface area contributed by atoms with E-state index in [1.807, 2.05) is 0 Å². The topological polar surface area (TPSA) is 9.23 Å². The Morgan fingerprint density at radius 1 is 1.00 bits per heavy atom. The Labute approximate surface area is 128 Å². The molecule has 0 radical (unpaired) electrons. The molecule has 0 bridgehead atoms. The molecule has 0 saturated heterocycles. The van der Waals surface area contributed by atoms with E-state index in [1.165, 1.54) is 58.1 Å². The number of benzene rings is 1. The number of halogens is 1. The van der Waals surface area contributed by atoms with E-state index in [0.29, 0.717) is 5.56 Å². The summed E-state index contributed by atoms with van der Waals surface area (Å²) in [6.07, 6.45) is 11.3. The zero-order chi connectivity index (χ0) is 15.3. The summed E-state index contributed by atoms with van der Waals surface area (Å²) >= 11 is 0. The van der Waals surface area contributed by atoms with Crippen molar-refractivity contribution >= 4 is 0 Å². The lowest BCUT2D eigenvalue weighted by atomic mass is 10.1. The number of rotatable bonds is 9. The van der Waals surface area contributed by atoms with Crippen molar-refractivity contribution in [3.05, 3.63) is 29.6 Å². The summed E-state index contributed by atoms with van der Waals surface area (Å²) in [4.78, 5) is 0. The van der Waals surface area contributed by atoms with E-state index in [2.05, 4.69) is 18.8 Å². The van der Waals surface area contributed by atoms with Gasteiger partial charge in [0.05, 0.1) is 7.11 Å². The third-order valence-corrected chi connectivity index (χ3v) is 3.54. The van der Waals surface area contributed by atoms with Crippen LogP contribution in [0.25, 0.3) is 0 Å². The fourth-order valence-corrected chi connectivity index (χ4v) is 2.26. The average molecular weight is 290 g/mol. The van der Waals surface area contributed by atoms with Gasteiger partial charge in [0.2, 0.25) is 0 Å². The van der Waals surface area contributed by atoms with E-state index in [-0.39, 0.29) is 11.6 Å². The average Bonchev–Trinajstić information content (AvgIpc) is 2.49. The predicted octanol–water partition coefficient (Wildman–Crippen LogP) is 5.72. The highest BCUT2D eigenvalue weighted by Gasteiger charge is 2.01. The molecule has 0 aromatic heterocycles. The zero-order valence-electron chi connectivity index (χ0n) is 13.4. The first-order chi connectivity index (χ1) is 10.3. The van der Waals surface area contributed by atoms with Crippen LogP contribution in [0.5, 0.6) is 5.75 Å². The molecule has 0 fully saturated rings. The van der Waals surface area contributed by atoms with Gasteiger partial charge in [0.1, 0.15) is 0 Å². The Balaban J connectivity index is 2.14. The Morgan fingerprint density at radius 3 is 2.29 bits per heavy atom. The van der Waals surface area contributed by atoms with Crippen molar-refractivity contribution in [3.63, 3.8) is 0 Å². The SMILES string of the molecule is CCCCCCCCCCC#Cc1ccc(OC)c(F)c1. The summed E-state index contributed by atoms with van der Waals surface area (Å²) in [6, 6.07) is 4.85. The smallest absolute Gasteiger partial charge is 0.166 e. The monoisotopic (exact) mass is 290 g/mol. The molecule has 0 heterocycles. The standard InChI is InChI=1S/C19H27FO/c1-3-4-5-6-7-8-9-10-11-12-13-17-14-15-19(21-2)18(20)16-17/h14-16H,3-11H2,1-2H3. The van der Waals surface area contributed by atoms with E-state index in [9.17, 15) is 4.39 Å². The Kier molecular flexibility index (Phi) is 9.37. The lowest BCUT2D eigenvalue weighted by Crippen LogP contribution is -1.88. The molecule has 1 aromatic rings. The van der Waals surface area contributed by atoms with Crippen molar-refractivity contribution in [3.8, 4) is 17.6 Å². The highest BCUT2D eigenvalue weighted by Crippen LogP contribution is 2.17. The molecule has 0 aliphatic heterocycles. The second-order valence-corrected chi connectivity index (χ2v) is 5.38. The molecule has 2 heteroatoms. The molecule has 21 heavy (non-hydrogen) atoms. The van der Waals surface area contributed by atoms with Gasteiger partial charge in [0, 0.05) is 12.0 Å². The zero-order valence-corrected chi connectivity index (χ0v) is 13.4. The first-order valence-corrected chi connectivity index (χ1v) is 8.10. The van der Waals surface area contributed by atoms with Gasteiger partial charge >= 0.3 is 0 Å². The molecule has 0 aliphatic carbocycles. The van der Waals surface area contributed by atoms with Crippen molar-refractivity contribution in [2.24, 2.45) is 0 Å². The fourth-order valence-electron chi connectivity index (χ4n) is 2.26. The molecular weight excluding hydrogens is 263 g/mol. The molecule has 0 N–H and O–H groups in total. The number of ether oxygens (including phenoxy) is 1. The molecule has 1 nitrogen and oxygen atoms in total. The highest BCUT2D eigenvalue weighted by atomic mass is 19.1. The van der Waals surface area contributed by atoms with Gasteiger partial charge in [-0.15, -0.1) is 0 Å². The number of hydrogen-bond donors (Lipinski definition) is 0. The molecule has 0 atom stereocenters. The third kappa shape index (κ3) is 7.75. The summed E-state index contributed by atoms with van der Waals surface area (Å²) in [6.45, 7) is 2.24. The number of unbranched alkanes of at least 4 members (excludes halogenated alkanes) is 8. The highest BCUT2D eigenvalue weighted by molar-refractivity contribution is 5.39. The summed E-state index contributed by atoms with van der Waals surface area (Å²) in [5, 5.41) is 0. The third-order valence-electron chi connectivity index (χ3n) is 3.54. The lowest BCUT2D eigenvalue weighted by molar-refractivity contribution is 0.386. The van der Waals surface area contributed by atoms with Crippen molar-refractivity contribution in [2.45, 2.75) is 64.7 Å². The molecular formula is C19H27FO. The van der Waals surface area contributed by atoms with Gasteiger partial charge in [-0.3, -0.25) is 0 Å². The predicted molar refractivity (Wildman–Crippen MR) is 87.1 cm³/mol. The van der Waals surface area contributed by atoms with E-state index >= 15 is 0 Å². The molecule has 0 saturated carbocycles. The van der Waals surface area contributed by atoms with Gasteiger partial charge in [-0.25, -0.2) is 4.39 Å². The second-order valence-electron chi connectivity index (χ2n) is 5.38. The van der Waals surface area contributed by atoms with E-state index in [1.54, 1.807) is 12.1 Å². The van der Waals surface area contributed by atoms with Crippen LogP contribution in [-0.4, -0.2) is 7.11 Å². The maximum absolute atomic E-state index is 13.5. The Morgan fingerprint density at radius 2 is 1.67 bits per heavy atom. The van der Waals surface area contributed by atoms with Crippen LogP contribution in [0.4, 0.5) is 4.39 Å². The van der Waals surface area contributed by atoms with Crippen LogP contribution in [0.15, 0.2) is 18.2 Å². The van der Waals surface area contributed by atoms with Crippen LogP contribution in [-0.2, 0) is 0 Å². The van der Waals surface area contributed by atoms with Gasteiger partial charge in [0.15, 0.2) is 11.6 Å². The minimum absolute atomic E-state index is 0.267. The van der Waals surface area contributed by atoms with E-state index in [0.717, 1.165) is 12.8 Å². The summed E-state index contributed by atoms with van der Waals surface area (Å²) in [5.41, 5.74) is 0.716. The number of methoxy groups -OCH3 is 1. The minimum Gasteiger partial charge on any atom is -0.494 e. The number of hydrogen-bond acceptors (Lipinski definition) is 1. The molecule has 1 aromatic carbocycles. The van der Waals surface area contributed by atoms with Crippen LogP contribution in [0.2, 0.25) is 0 Å². The largest absolute Gasteiger partial charge is 0.494 e. The molecule has 0 spiro atoms. The molecule has 0 amide bonds. The molecule has 0 unspecified atom stereocenters. The summed E-state index contributed by atoms with van der Waals surface area (Å²) < 4.78 is 18.3. The van der Waals surface area contributed by atoms with Crippen molar-refractivity contribution in [2.75, 3.05) is 7.11 Å². The fraction of sp³-hybridized carbons (Fsp3) is 0.579. The Hall–Kier alpha value is -1.49. The maximum atomic E-state index is 13.5. The van der Waals surface area contributed by atoms with Crippen molar-refractivity contribution in [1.29, 1.82) is 0 Å². The van der Waals surface area contributed by atoms with Crippen LogP contribution >= 0.6 is 0 Å². The first kappa shape index (κ1) is 17.6. The van der Waals surface area contributed by atoms with E-state index < -0.39 is 0 Å². The molecule has 0 aliphatic rings. The summed E-state index contributed by atoms with van der Waals surface area (Å²) in [7, 11) is 1.46. The quantitative estimate of drug-likeness (QED) is 0.417. The Bertz CT molecular complexity index is 456.